The molecule has 0 aliphatic carbocycles. The summed E-state index contributed by atoms with van der Waals surface area (Å²) >= 11 is 0. The molecule has 0 spiro atoms. The Kier molecular flexibility index (Phi) is 3.40. The first-order chi connectivity index (χ1) is 7.68. The normalized spacial score (nSPS) is 31.1. The topological polar surface area (TPSA) is 84.7 Å². The number of nitrogens with two attached hydrogens (primary N) is 1. The number of carbonyl (C=O) groups is 2. The Balaban J connectivity index is 1.95. The van der Waals surface area contributed by atoms with Crippen LogP contribution in [0.4, 0.5) is 0 Å². The summed E-state index contributed by atoms with van der Waals surface area (Å²) in [6.07, 6.45) is 0.370. The number of nitrogens with one attached hydrogen (secondary N) is 1. The van der Waals surface area contributed by atoms with E-state index in [4.69, 9.17) is 10.5 Å². The average molecular weight is 227 g/mol. The lowest BCUT2D eigenvalue weighted by molar-refractivity contribution is -0.135. The molecule has 2 aliphatic rings. The molecule has 0 radical (unpaired) electrons. The fourth-order valence-electron chi connectivity index (χ4n) is 2.05. The van der Waals surface area contributed by atoms with Gasteiger partial charge in [-0.1, -0.05) is 0 Å². The summed E-state index contributed by atoms with van der Waals surface area (Å²) in [5, 5.41) is 2.74. The van der Waals surface area contributed by atoms with Crippen LogP contribution >= 0.6 is 0 Å². The molecule has 2 amide bonds. The zero-order valence-corrected chi connectivity index (χ0v) is 9.15. The summed E-state index contributed by atoms with van der Waals surface area (Å²) < 4.78 is 5.18. The van der Waals surface area contributed by atoms with E-state index in [-0.39, 0.29) is 23.8 Å². The smallest absolute Gasteiger partial charge is 0.229 e. The van der Waals surface area contributed by atoms with Crippen molar-refractivity contribution in [2.75, 3.05) is 32.8 Å². The van der Waals surface area contributed by atoms with Gasteiger partial charge in [0.15, 0.2) is 0 Å². The lowest BCUT2D eigenvalue weighted by atomic mass is 10.0. The fraction of sp³-hybridized carbons (Fsp3) is 0.800. The lowest BCUT2D eigenvalue weighted by Gasteiger charge is -2.24. The molecule has 90 valence electrons. The van der Waals surface area contributed by atoms with Crippen molar-refractivity contribution in [3.05, 3.63) is 0 Å². The van der Waals surface area contributed by atoms with Gasteiger partial charge in [0.05, 0.1) is 19.1 Å². The van der Waals surface area contributed by atoms with Gasteiger partial charge in [-0.2, -0.15) is 0 Å². The highest BCUT2D eigenvalue weighted by atomic mass is 16.5. The monoisotopic (exact) mass is 227 g/mol. The van der Waals surface area contributed by atoms with Crippen LogP contribution < -0.4 is 11.1 Å². The van der Waals surface area contributed by atoms with E-state index in [0.717, 1.165) is 0 Å². The van der Waals surface area contributed by atoms with Crippen LogP contribution in [0.2, 0.25) is 0 Å². The van der Waals surface area contributed by atoms with Crippen LogP contribution in [0, 0.1) is 5.92 Å². The predicted molar refractivity (Wildman–Crippen MR) is 56.5 cm³/mol. The average Bonchev–Trinajstić information content (AvgIpc) is 2.56. The Morgan fingerprint density at radius 2 is 2.25 bits per heavy atom. The summed E-state index contributed by atoms with van der Waals surface area (Å²) in [5.74, 6) is -0.225. The molecule has 6 nitrogen and oxygen atoms in total. The van der Waals surface area contributed by atoms with E-state index in [1.54, 1.807) is 4.90 Å². The highest BCUT2D eigenvalue weighted by Crippen LogP contribution is 2.15. The van der Waals surface area contributed by atoms with E-state index < -0.39 is 0 Å². The summed E-state index contributed by atoms with van der Waals surface area (Å²) in [7, 11) is 0. The molecule has 0 aromatic carbocycles. The van der Waals surface area contributed by atoms with E-state index >= 15 is 0 Å². The molecule has 0 bridgehead atoms. The number of ether oxygens (including phenoxy) is 1. The van der Waals surface area contributed by atoms with Gasteiger partial charge in [0.25, 0.3) is 0 Å². The van der Waals surface area contributed by atoms with E-state index in [0.29, 0.717) is 39.3 Å². The first kappa shape index (κ1) is 11.3. The molecule has 2 saturated heterocycles. The first-order valence-corrected chi connectivity index (χ1v) is 5.57. The molecule has 2 fully saturated rings. The number of hydrogen-bond acceptors (Lipinski definition) is 4. The van der Waals surface area contributed by atoms with Gasteiger partial charge in [0, 0.05) is 32.1 Å². The molecule has 0 aromatic heterocycles. The quantitative estimate of drug-likeness (QED) is 0.559. The van der Waals surface area contributed by atoms with Crippen molar-refractivity contribution < 1.29 is 14.3 Å². The Morgan fingerprint density at radius 3 is 2.94 bits per heavy atom. The van der Waals surface area contributed by atoms with Gasteiger partial charge < -0.3 is 20.7 Å². The molecule has 0 aromatic rings. The van der Waals surface area contributed by atoms with E-state index in [1.165, 1.54) is 0 Å². The van der Waals surface area contributed by atoms with Gasteiger partial charge in [-0.15, -0.1) is 0 Å². The van der Waals surface area contributed by atoms with E-state index in [9.17, 15) is 9.59 Å². The van der Waals surface area contributed by atoms with Crippen LogP contribution in [-0.2, 0) is 14.3 Å². The first-order valence-electron chi connectivity index (χ1n) is 5.57. The van der Waals surface area contributed by atoms with Crippen LogP contribution in [0.25, 0.3) is 0 Å². The number of carbonyl (C=O) groups excluding carboxylic acids is 2. The van der Waals surface area contributed by atoms with Crippen molar-refractivity contribution >= 4 is 11.8 Å². The number of amides is 2. The maximum atomic E-state index is 12.1. The number of hydrogen-bond donors (Lipinski definition) is 2. The second kappa shape index (κ2) is 4.80. The van der Waals surface area contributed by atoms with Gasteiger partial charge in [-0.25, -0.2) is 0 Å². The zero-order chi connectivity index (χ0) is 11.5. The molecule has 6 heteroatoms. The van der Waals surface area contributed by atoms with Crippen molar-refractivity contribution in [2.24, 2.45) is 11.7 Å². The minimum atomic E-state index is -0.242. The van der Waals surface area contributed by atoms with E-state index in [1.807, 2.05) is 0 Å². The number of rotatable bonds is 1. The molecular formula is C10H17N3O3. The Morgan fingerprint density at radius 1 is 1.44 bits per heavy atom. The molecule has 2 atom stereocenters. The molecule has 0 saturated carbocycles. The molecule has 2 aliphatic heterocycles. The van der Waals surface area contributed by atoms with Gasteiger partial charge in [-0.05, 0) is 0 Å². The Hall–Kier alpha value is -1.14. The van der Waals surface area contributed by atoms with Crippen molar-refractivity contribution in [2.45, 2.75) is 12.5 Å². The second-order valence-electron chi connectivity index (χ2n) is 4.23. The largest absolute Gasteiger partial charge is 0.379 e. The summed E-state index contributed by atoms with van der Waals surface area (Å²) in [6.45, 7) is 2.41. The van der Waals surface area contributed by atoms with Crippen LogP contribution in [0.3, 0.4) is 0 Å². The third-order valence-electron chi connectivity index (χ3n) is 3.07. The molecule has 2 rings (SSSR count). The maximum Gasteiger partial charge on any atom is 0.229 e. The highest BCUT2D eigenvalue weighted by Gasteiger charge is 2.34. The third kappa shape index (κ3) is 2.33. The standard InChI is InChI=1S/C10H17N3O3/c11-8-6-16-5-7(8)10(15)13-3-1-9(14)12-2-4-13/h7-8H,1-6,11H2,(H,12,14). The summed E-state index contributed by atoms with van der Waals surface area (Å²) in [6, 6.07) is -0.209. The van der Waals surface area contributed by atoms with Gasteiger partial charge in [0.2, 0.25) is 11.8 Å². The van der Waals surface area contributed by atoms with Gasteiger partial charge in [-0.3, -0.25) is 9.59 Å². The SMILES string of the molecule is NC1COCC1C(=O)N1CCNC(=O)CC1. The minimum Gasteiger partial charge on any atom is -0.379 e. The van der Waals surface area contributed by atoms with Crippen molar-refractivity contribution in [3.8, 4) is 0 Å². The Bertz CT molecular complexity index is 295. The maximum absolute atomic E-state index is 12.1. The predicted octanol–water partition coefficient (Wildman–Crippen LogP) is -1.69. The number of nitrogens with zero attached hydrogens (tertiary/aromatic N) is 1. The minimum absolute atomic E-state index is 0.00210. The highest BCUT2D eigenvalue weighted by molar-refractivity contribution is 5.82. The third-order valence-corrected chi connectivity index (χ3v) is 3.07. The van der Waals surface area contributed by atoms with Crippen LogP contribution in [0.1, 0.15) is 6.42 Å². The zero-order valence-electron chi connectivity index (χ0n) is 9.15. The van der Waals surface area contributed by atoms with Crippen LogP contribution in [0.5, 0.6) is 0 Å². The van der Waals surface area contributed by atoms with Crippen LogP contribution in [-0.4, -0.2) is 55.6 Å². The van der Waals surface area contributed by atoms with Crippen LogP contribution in [0.15, 0.2) is 0 Å². The molecule has 16 heavy (non-hydrogen) atoms. The van der Waals surface area contributed by atoms with Crippen molar-refractivity contribution in [1.82, 2.24) is 10.2 Å². The fourth-order valence-corrected chi connectivity index (χ4v) is 2.05. The van der Waals surface area contributed by atoms with Crippen molar-refractivity contribution in [1.29, 1.82) is 0 Å². The van der Waals surface area contributed by atoms with E-state index in [2.05, 4.69) is 5.32 Å². The van der Waals surface area contributed by atoms with Gasteiger partial charge >= 0.3 is 0 Å². The summed E-state index contributed by atoms with van der Waals surface area (Å²) in [5.41, 5.74) is 5.80. The van der Waals surface area contributed by atoms with Crippen molar-refractivity contribution in [3.63, 3.8) is 0 Å². The molecular weight excluding hydrogens is 210 g/mol. The molecule has 2 unspecified atom stereocenters. The van der Waals surface area contributed by atoms with Gasteiger partial charge in [0.1, 0.15) is 0 Å². The summed E-state index contributed by atoms with van der Waals surface area (Å²) in [4.78, 5) is 24.9. The Labute approximate surface area is 94.1 Å². The molecule has 2 heterocycles. The second-order valence-corrected chi connectivity index (χ2v) is 4.23. The molecule has 3 N–H and O–H groups in total. The lowest BCUT2D eigenvalue weighted by Crippen LogP contribution is -2.44.